The maximum Gasteiger partial charge on any atom is 0.123 e. The van der Waals surface area contributed by atoms with E-state index >= 15 is 0 Å². The van der Waals surface area contributed by atoms with Crippen LogP contribution in [-0.4, -0.2) is 6.04 Å². The molecule has 0 saturated heterocycles. The third-order valence-electron chi connectivity index (χ3n) is 4.15. The second-order valence-corrected chi connectivity index (χ2v) is 5.55. The van der Waals surface area contributed by atoms with Crippen LogP contribution in [-0.2, 0) is 6.54 Å². The molecule has 18 heavy (non-hydrogen) atoms. The Bertz CT molecular complexity index is 339. The van der Waals surface area contributed by atoms with Crippen LogP contribution in [0.25, 0.3) is 0 Å². The zero-order valence-corrected chi connectivity index (χ0v) is 11.3. The van der Waals surface area contributed by atoms with Gasteiger partial charge in [-0.15, -0.1) is 0 Å². The van der Waals surface area contributed by atoms with E-state index < -0.39 is 0 Å². The number of hydrogen-bond acceptors (Lipinski definition) is 1. The van der Waals surface area contributed by atoms with Crippen molar-refractivity contribution in [2.45, 2.75) is 58.0 Å². The fourth-order valence-electron chi connectivity index (χ4n) is 2.86. The van der Waals surface area contributed by atoms with Crippen molar-refractivity contribution in [2.24, 2.45) is 5.92 Å². The van der Waals surface area contributed by atoms with E-state index in [0.717, 1.165) is 18.0 Å². The number of benzene rings is 1. The first-order valence-electron chi connectivity index (χ1n) is 7.23. The van der Waals surface area contributed by atoms with Crippen molar-refractivity contribution in [3.05, 3.63) is 35.6 Å². The van der Waals surface area contributed by atoms with Gasteiger partial charge in [0, 0.05) is 12.6 Å². The summed E-state index contributed by atoms with van der Waals surface area (Å²) in [5.41, 5.74) is 1.16. The van der Waals surface area contributed by atoms with E-state index in [0.29, 0.717) is 6.04 Å². The van der Waals surface area contributed by atoms with Gasteiger partial charge in [-0.05, 0) is 43.4 Å². The summed E-state index contributed by atoms with van der Waals surface area (Å²) >= 11 is 0. The molecular formula is C16H24FN. The molecule has 0 heterocycles. The second-order valence-electron chi connectivity index (χ2n) is 5.55. The highest BCUT2D eigenvalue weighted by atomic mass is 19.1. The predicted octanol–water partition coefficient (Wildman–Crippen LogP) is 4.27. The average Bonchev–Trinajstić information content (AvgIpc) is 2.66. The van der Waals surface area contributed by atoms with Crippen LogP contribution in [0.15, 0.2) is 24.3 Å². The Balaban J connectivity index is 1.79. The highest BCUT2D eigenvalue weighted by Crippen LogP contribution is 2.25. The lowest BCUT2D eigenvalue weighted by Gasteiger charge is -2.23. The summed E-state index contributed by atoms with van der Waals surface area (Å²) in [6, 6.07) is 7.36. The minimum Gasteiger partial charge on any atom is -0.310 e. The van der Waals surface area contributed by atoms with Crippen LogP contribution < -0.4 is 5.32 Å². The molecule has 1 aliphatic carbocycles. The van der Waals surface area contributed by atoms with E-state index in [2.05, 4.69) is 12.2 Å². The summed E-state index contributed by atoms with van der Waals surface area (Å²) in [5, 5.41) is 3.59. The Morgan fingerprint density at radius 1 is 1.11 bits per heavy atom. The van der Waals surface area contributed by atoms with Crippen molar-refractivity contribution < 1.29 is 4.39 Å². The van der Waals surface area contributed by atoms with Crippen LogP contribution in [0.5, 0.6) is 0 Å². The smallest absolute Gasteiger partial charge is 0.123 e. The van der Waals surface area contributed by atoms with Gasteiger partial charge < -0.3 is 5.32 Å². The van der Waals surface area contributed by atoms with Crippen molar-refractivity contribution in [1.29, 1.82) is 0 Å². The monoisotopic (exact) mass is 249 g/mol. The van der Waals surface area contributed by atoms with E-state index in [4.69, 9.17) is 0 Å². The summed E-state index contributed by atoms with van der Waals surface area (Å²) in [6.45, 7) is 3.14. The lowest BCUT2D eigenvalue weighted by Crippen LogP contribution is -2.32. The molecule has 1 aromatic carbocycles. The zero-order valence-electron chi connectivity index (χ0n) is 11.3. The molecule has 0 amide bonds. The highest BCUT2D eigenvalue weighted by Gasteiger charge is 2.18. The van der Waals surface area contributed by atoms with E-state index in [9.17, 15) is 4.39 Å². The largest absolute Gasteiger partial charge is 0.310 e. The second kappa shape index (κ2) is 6.89. The molecule has 100 valence electrons. The summed E-state index contributed by atoms with van der Waals surface area (Å²) in [7, 11) is 0. The first-order valence-corrected chi connectivity index (χ1v) is 7.23. The molecule has 0 aliphatic heterocycles. The molecule has 2 heteroatoms. The standard InChI is InChI=1S/C16H24FN/c1-13(15-6-4-2-3-5-7-15)18-12-14-8-10-16(17)11-9-14/h8-11,13,15,18H,2-7,12H2,1H3/t13-/m1/s1. The van der Waals surface area contributed by atoms with Crippen LogP contribution >= 0.6 is 0 Å². The third kappa shape index (κ3) is 4.09. The summed E-state index contributed by atoms with van der Waals surface area (Å²) in [6.07, 6.45) is 8.29. The molecule has 2 rings (SSSR count). The molecule has 1 aromatic rings. The SMILES string of the molecule is C[C@@H](NCc1ccc(F)cc1)C1CCCCCC1. The van der Waals surface area contributed by atoms with Crippen molar-refractivity contribution in [3.63, 3.8) is 0 Å². The molecule has 1 saturated carbocycles. The maximum absolute atomic E-state index is 12.8. The van der Waals surface area contributed by atoms with Gasteiger partial charge in [-0.25, -0.2) is 4.39 Å². The van der Waals surface area contributed by atoms with Gasteiger partial charge in [-0.3, -0.25) is 0 Å². The van der Waals surface area contributed by atoms with Crippen molar-refractivity contribution in [3.8, 4) is 0 Å². The Kier molecular flexibility index (Phi) is 5.18. The van der Waals surface area contributed by atoms with Crippen LogP contribution in [0.3, 0.4) is 0 Å². The first kappa shape index (κ1) is 13.5. The molecule has 0 unspecified atom stereocenters. The summed E-state index contributed by atoms with van der Waals surface area (Å²) in [4.78, 5) is 0. The van der Waals surface area contributed by atoms with Gasteiger partial charge in [0.05, 0.1) is 0 Å². The van der Waals surface area contributed by atoms with E-state index in [-0.39, 0.29) is 5.82 Å². The van der Waals surface area contributed by atoms with Crippen molar-refractivity contribution in [2.75, 3.05) is 0 Å². The van der Waals surface area contributed by atoms with Gasteiger partial charge in [0.15, 0.2) is 0 Å². The molecule has 0 bridgehead atoms. The van der Waals surface area contributed by atoms with E-state index in [1.165, 1.54) is 50.7 Å². The van der Waals surface area contributed by atoms with Crippen molar-refractivity contribution in [1.82, 2.24) is 5.32 Å². The minimum atomic E-state index is -0.157. The predicted molar refractivity (Wildman–Crippen MR) is 73.9 cm³/mol. The molecule has 1 fully saturated rings. The Hall–Kier alpha value is -0.890. The molecule has 1 atom stereocenters. The summed E-state index contributed by atoms with van der Waals surface area (Å²) in [5.74, 6) is 0.656. The van der Waals surface area contributed by atoms with Crippen LogP contribution in [0, 0.1) is 11.7 Å². The highest BCUT2D eigenvalue weighted by molar-refractivity contribution is 5.15. The van der Waals surface area contributed by atoms with Gasteiger partial charge in [0.2, 0.25) is 0 Å². The van der Waals surface area contributed by atoms with E-state index in [1.54, 1.807) is 0 Å². The average molecular weight is 249 g/mol. The quantitative estimate of drug-likeness (QED) is 0.786. The van der Waals surface area contributed by atoms with Gasteiger partial charge in [0.25, 0.3) is 0 Å². The Morgan fingerprint density at radius 2 is 1.72 bits per heavy atom. The zero-order chi connectivity index (χ0) is 12.8. The van der Waals surface area contributed by atoms with Gasteiger partial charge in [-0.1, -0.05) is 37.8 Å². The van der Waals surface area contributed by atoms with E-state index in [1.807, 2.05) is 12.1 Å². The number of halogens is 1. The maximum atomic E-state index is 12.8. The molecular weight excluding hydrogens is 225 g/mol. The minimum absolute atomic E-state index is 0.157. The fourth-order valence-corrected chi connectivity index (χ4v) is 2.86. The lowest BCUT2D eigenvalue weighted by atomic mass is 9.93. The molecule has 1 aliphatic rings. The topological polar surface area (TPSA) is 12.0 Å². The Morgan fingerprint density at radius 3 is 2.33 bits per heavy atom. The normalized spacial score (nSPS) is 19.4. The molecule has 1 nitrogen and oxygen atoms in total. The number of hydrogen-bond donors (Lipinski definition) is 1. The lowest BCUT2D eigenvalue weighted by molar-refractivity contribution is 0.336. The van der Waals surface area contributed by atoms with Crippen LogP contribution in [0.2, 0.25) is 0 Å². The summed E-state index contributed by atoms with van der Waals surface area (Å²) < 4.78 is 12.8. The molecule has 1 N–H and O–H groups in total. The van der Waals surface area contributed by atoms with Crippen LogP contribution in [0.4, 0.5) is 4.39 Å². The van der Waals surface area contributed by atoms with Gasteiger partial charge in [0.1, 0.15) is 5.82 Å². The van der Waals surface area contributed by atoms with Crippen molar-refractivity contribution >= 4 is 0 Å². The van der Waals surface area contributed by atoms with Gasteiger partial charge >= 0.3 is 0 Å². The van der Waals surface area contributed by atoms with Crippen LogP contribution in [0.1, 0.15) is 51.0 Å². The number of rotatable bonds is 4. The molecule has 0 spiro atoms. The molecule has 0 radical (unpaired) electrons. The Labute approximate surface area is 110 Å². The number of nitrogens with one attached hydrogen (secondary N) is 1. The van der Waals surface area contributed by atoms with Gasteiger partial charge in [-0.2, -0.15) is 0 Å². The fraction of sp³-hybridized carbons (Fsp3) is 0.625. The molecule has 0 aromatic heterocycles. The first-order chi connectivity index (χ1) is 8.75. The third-order valence-corrected chi connectivity index (χ3v) is 4.15.